The first-order valence-corrected chi connectivity index (χ1v) is 5.09. The molecule has 0 heterocycles. The molecule has 0 aromatic rings. The molecule has 1 unspecified atom stereocenters. The summed E-state index contributed by atoms with van der Waals surface area (Å²) in [6.45, 7) is 10.5. The third-order valence-corrected chi connectivity index (χ3v) is 1.81. The summed E-state index contributed by atoms with van der Waals surface area (Å²) in [7, 11) is 0. The van der Waals surface area contributed by atoms with E-state index in [1.165, 1.54) is 6.42 Å². The number of hydrogen-bond donors (Lipinski definition) is 1. The fourth-order valence-electron chi connectivity index (χ4n) is 1.04. The van der Waals surface area contributed by atoms with Crippen LogP contribution in [0, 0.1) is 5.92 Å². The standard InChI is InChI=1S/C10H23NO/c1-4-8-12-9-10(3)6-7-11-5-2/h10-11H,4-9H2,1-3H3. The van der Waals surface area contributed by atoms with Crippen LogP contribution in [0.4, 0.5) is 0 Å². The summed E-state index contributed by atoms with van der Waals surface area (Å²) in [6.07, 6.45) is 2.34. The molecule has 0 aliphatic carbocycles. The average molecular weight is 173 g/mol. The van der Waals surface area contributed by atoms with Gasteiger partial charge in [0.25, 0.3) is 0 Å². The fourth-order valence-corrected chi connectivity index (χ4v) is 1.04. The van der Waals surface area contributed by atoms with Gasteiger partial charge in [0.05, 0.1) is 0 Å². The quantitative estimate of drug-likeness (QED) is 0.567. The predicted molar refractivity (Wildman–Crippen MR) is 53.4 cm³/mol. The Morgan fingerprint density at radius 1 is 1.33 bits per heavy atom. The van der Waals surface area contributed by atoms with Gasteiger partial charge in [-0.15, -0.1) is 0 Å². The second-order valence-corrected chi connectivity index (χ2v) is 3.32. The minimum atomic E-state index is 0.690. The molecular formula is C10H23NO. The Labute approximate surface area is 76.7 Å². The molecule has 1 atom stereocenters. The summed E-state index contributed by atoms with van der Waals surface area (Å²) in [5.41, 5.74) is 0. The average Bonchev–Trinajstić information content (AvgIpc) is 2.06. The molecule has 0 aromatic carbocycles. The summed E-state index contributed by atoms with van der Waals surface area (Å²) < 4.78 is 5.45. The van der Waals surface area contributed by atoms with Gasteiger partial charge in [-0.2, -0.15) is 0 Å². The van der Waals surface area contributed by atoms with E-state index in [-0.39, 0.29) is 0 Å². The van der Waals surface area contributed by atoms with E-state index in [1.807, 2.05) is 0 Å². The molecular weight excluding hydrogens is 150 g/mol. The maximum atomic E-state index is 5.45. The minimum absolute atomic E-state index is 0.690. The lowest BCUT2D eigenvalue weighted by Crippen LogP contribution is -2.18. The van der Waals surface area contributed by atoms with Gasteiger partial charge in [-0.25, -0.2) is 0 Å². The van der Waals surface area contributed by atoms with Crippen molar-refractivity contribution in [2.75, 3.05) is 26.3 Å². The van der Waals surface area contributed by atoms with Crippen molar-refractivity contribution in [2.45, 2.75) is 33.6 Å². The van der Waals surface area contributed by atoms with Crippen LogP contribution in [-0.4, -0.2) is 26.3 Å². The van der Waals surface area contributed by atoms with Crippen LogP contribution in [0.15, 0.2) is 0 Å². The molecule has 2 heteroatoms. The summed E-state index contributed by atoms with van der Waals surface area (Å²) in [4.78, 5) is 0. The highest BCUT2D eigenvalue weighted by atomic mass is 16.5. The smallest absolute Gasteiger partial charge is 0.0492 e. The molecule has 74 valence electrons. The van der Waals surface area contributed by atoms with Crippen LogP contribution in [-0.2, 0) is 4.74 Å². The third kappa shape index (κ3) is 8.02. The molecule has 0 rings (SSSR count). The van der Waals surface area contributed by atoms with Gasteiger partial charge in [0.2, 0.25) is 0 Å². The van der Waals surface area contributed by atoms with Gasteiger partial charge in [-0.05, 0) is 31.8 Å². The Morgan fingerprint density at radius 2 is 2.08 bits per heavy atom. The van der Waals surface area contributed by atoms with Crippen LogP contribution in [0.3, 0.4) is 0 Å². The second-order valence-electron chi connectivity index (χ2n) is 3.32. The molecule has 0 bridgehead atoms. The Morgan fingerprint density at radius 3 is 2.67 bits per heavy atom. The third-order valence-electron chi connectivity index (χ3n) is 1.81. The Kier molecular flexibility index (Phi) is 8.95. The second kappa shape index (κ2) is 9.01. The van der Waals surface area contributed by atoms with E-state index < -0.39 is 0 Å². The van der Waals surface area contributed by atoms with E-state index >= 15 is 0 Å². The van der Waals surface area contributed by atoms with Crippen LogP contribution >= 0.6 is 0 Å². The molecule has 0 spiro atoms. The zero-order valence-electron chi connectivity index (χ0n) is 8.73. The highest BCUT2D eigenvalue weighted by Gasteiger charge is 2.00. The van der Waals surface area contributed by atoms with Gasteiger partial charge in [-0.3, -0.25) is 0 Å². The van der Waals surface area contributed by atoms with Gasteiger partial charge < -0.3 is 10.1 Å². The van der Waals surface area contributed by atoms with Crippen molar-refractivity contribution < 1.29 is 4.74 Å². The topological polar surface area (TPSA) is 21.3 Å². The van der Waals surface area contributed by atoms with Crippen molar-refractivity contribution in [3.05, 3.63) is 0 Å². The molecule has 0 aliphatic rings. The summed E-state index contributed by atoms with van der Waals surface area (Å²) in [5, 5.41) is 3.31. The number of hydrogen-bond acceptors (Lipinski definition) is 2. The van der Waals surface area contributed by atoms with Crippen LogP contribution in [0.5, 0.6) is 0 Å². The van der Waals surface area contributed by atoms with Crippen molar-refractivity contribution in [1.82, 2.24) is 5.32 Å². The predicted octanol–water partition coefficient (Wildman–Crippen LogP) is 2.05. The van der Waals surface area contributed by atoms with E-state index in [4.69, 9.17) is 4.74 Å². The van der Waals surface area contributed by atoms with E-state index in [9.17, 15) is 0 Å². The first kappa shape index (κ1) is 11.9. The number of ether oxygens (including phenoxy) is 1. The summed E-state index contributed by atoms with van der Waals surface area (Å²) in [6, 6.07) is 0. The number of nitrogens with one attached hydrogen (secondary N) is 1. The SMILES string of the molecule is CCCOCC(C)CCNCC. The van der Waals surface area contributed by atoms with E-state index in [0.29, 0.717) is 5.92 Å². The van der Waals surface area contributed by atoms with Crippen molar-refractivity contribution >= 4 is 0 Å². The van der Waals surface area contributed by atoms with Crippen molar-refractivity contribution in [3.8, 4) is 0 Å². The highest BCUT2D eigenvalue weighted by molar-refractivity contribution is 4.53. The van der Waals surface area contributed by atoms with Crippen LogP contribution in [0.2, 0.25) is 0 Å². The zero-order valence-corrected chi connectivity index (χ0v) is 8.73. The molecule has 2 nitrogen and oxygen atoms in total. The molecule has 0 fully saturated rings. The maximum Gasteiger partial charge on any atom is 0.0492 e. The van der Waals surface area contributed by atoms with Crippen molar-refractivity contribution in [3.63, 3.8) is 0 Å². The zero-order chi connectivity index (χ0) is 9.23. The normalized spacial score (nSPS) is 13.2. The lowest BCUT2D eigenvalue weighted by molar-refractivity contribution is 0.102. The Hall–Kier alpha value is -0.0800. The highest BCUT2D eigenvalue weighted by Crippen LogP contribution is 2.01. The van der Waals surface area contributed by atoms with Crippen molar-refractivity contribution in [2.24, 2.45) is 5.92 Å². The van der Waals surface area contributed by atoms with Gasteiger partial charge in [0.1, 0.15) is 0 Å². The molecule has 0 saturated heterocycles. The van der Waals surface area contributed by atoms with E-state index in [0.717, 1.165) is 32.7 Å². The number of rotatable bonds is 8. The molecule has 0 aromatic heterocycles. The van der Waals surface area contributed by atoms with Gasteiger partial charge >= 0.3 is 0 Å². The summed E-state index contributed by atoms with van der Waals surface area (Å²) >= 11 is 0. The lowest BCUT2D eigenvalue weighted by Gasteiger charge is -2.11. The maximum absolute atomic E-state index is 5.45. The van der Waals surface area contributed by atoms with Crippen LogP contribution < -0.4 is 5.32 Å². The molecule has 12 heavy (non-hydrogen) atoms. The van der Waals surface area contributed by atoms with Crippen LogP contribution in [0.25, 0.3) is 0 Å². The Bertz CT molecular complexity index is 75.9. The molecule has 0 radical (unpaired) electrons. The largest absolute Gasteiger partial charge is 0.381 e. The van der Waals surface area contributed by atoms with E-state index in [1.54, 1.807) is 0 Å². The molecule has 0 aliphatic heterocycles. The van der Waals surface area contributed by atoms with E-state index in [2.05, 4.69) is 26.1 Å². The first-order valence-electron chi connectivity index (χ1n) is 5.09. The minimum Gasteiger partial charge on any atom is -0.381 e. The lowest BCUT2D eigenvalue weighted by atomic mass is 10.1. The van der Waals surface area contributed by atoms with Crippen molar-refractivity contribution in [1.29, 1.82) is 0 Å². The van der Waals surface area contributed by atoms with Gasteiger partial charge in [0, 0.05) is 13.2 Å². The fraction of sp³-hybridized carbons (Fsp3) is 1.00. The molecule has 0 amide bonds. The Balaban J connectivity index is 3.04. The monoisotopic (exact) mass is 173 g/mol. The molecule has 1 N–H and O–H groups in total. The molecule has 0 saturated carbocycles. The van der Waals surface area contributed by atoms with Gasteiger partial charge in [0.15, 0.2) is 0 Å². The van der Waals surface area contributed by atoms with Crippen LogP contribution in [0.1, 0.15) is 33.6 Å². The summed E-state index contributed by atoms with van der Waals surface area (Å²) in [5.74, 6) is 0.690. The first-order chi connectivity index (χ1) is 5.81. The van der Waals surface area contributed by atoms with Gasteiger partial charge in [-0.1, -0.05) is 20.8 Å².